The van der Waals surface area contributed by atoms with Gasteiger partial charge in [-0.05, 0) is 19.4 Å². The van der Waals surface area contributed by atoms with Crippen molar-refractivity contribution in [3.05, 3.63) is 16.6 Å². The van der Waals surface area contributed by atoms with Crippen LogP contribution in [0.4, 0.5) is 0 Å². The molecule has 0 atom stereocenters. The maximum Gasteiger partial charge on any atom is 0.0795 e. The van der Waals surface area contributed by atoms with Gasteiger partial charge in [0.25, 0.3) is 0 Å². The van der Waals surface area contributed by atoms with E-state index in [0.717, 1.165) is 38.4 Å². The van der Waals surface area contributed by atoms with Crippen molar-refractivity contribution in [3.63, 3.8) is 0 Å². The van der Waals surface area contributed by atoms with Gasteiger partial charge in [-0.2, -0.15) is 0 Å². The van der Waals surface area contributed by atoms with E-state index in [1.165, 1.54) is 12.8 Å². The van der Waals surface area contributed by atoms with Crippen molar-refractivity contribution in [2.24, 2.45) is 0 Å². The van der Waals surface area contributed by atoms with E-state index in [0.29, 0.717) is 0 Å². The molecule has 0 aliphatic rings. The maximum atomic E-state index is 5.46. The molecule has 0 saturated carbocycles. The number of thiazole rings is 1. The number of nitrogens with one attached hydrogen (secondary N) is 1. The molecule has 0 aromatic carbocycles. The topological polar surface area (TPSA) is 34.1 Å². The van der Waals surface area contributed by atoms with E-state index < -0.39 is 0 Å². The smallest absolute Gasteiger partial charge is 0.0795 e. The number of aromatic nitrogens is 1. The first kappa shape index (κ1) is 12.6. The van der Waals surface area contributed by atoms with Gasteiger partial charge in [-0.25, -0.2) is 4.98 Å². The molecule has 0 aliphatic carbocycles. The highest BCUT2D eigenvalue weighted by molar-refractivity contribution is 7.07. The predicted molar refractivity (Wildman–Crippen MR) is 64.2 cm³/mol. The summed E-state index contributed by atoms with van der Waals surface area (Å²) in [5, 5.41) is 5.42. The zero-order valence-corrected chi connectivity index (χ0v) is 10.2. The lowest BCUT2D eigenvalue weighted by Crippen LogP contribution is -2.16. The Kier molecular flexibility index (Phi) is 7.42. The highest BCUT2D eigenvalue weighted by Crippen LogP contribution is 1.99. The van der Waals surface area contributed by atoms with Crippen LogP contribution in [0.25, 0.3) is 0 Å². The van der Waals surface area contributed by atoms with Crippen LogP contribution < -0.4 is 5.32 Å². The number of nitrogens with zero attached hydrogens (tertiary/aromatic N) is 1. The van der Waals surface area contributed by atoms with Gasteiger partial charge in [0.1, 0.15) is 0 Å². The summed E-state index contributed by atoms with van der Waals surface area (Å²) in [6.07, 6.45) is 3.46. The molecule has 0 unspecified atom stereocenters. The number of ether oxygens (including phenoxy) is 1. The molecule has 0 fully saturated rings. The van der Waals surface area contributed by atoms with Gasteiger partial charge in [0.2, 0.25) is 0 Å². The van der Waals surface area contributed by atoms with Crippen molar-refractivity contribution in [2.45, 2.75) is 32.7 Å². The molecule has 0 spiro atoms. The van der Waals surface area contributed by atoms with Crippen molar-refractivity contribution in [2.75, 3.05) is 19.8 Å². The average molecular weight is 228 g/mol. The molecule has 0 bridgehead atoms. The van der Waals surface area contributed by atoms with Crippen molar-refractivity contribution in [1.82, 2.24) is 10.3 Å². The lowest BCUT2D eigenvalue weighted by Gasteiger charge is -2.04. The van der Waals surface area contributed by atoms with E-state index in [1.807, 2.05) is 5.51 Å². The van der Waals surface area contributed by atoms with Crippen LogP contribution in [0.2, 0.25) is 0 Å². The van der Waals surface area contributed by atoms with Gasteiger partial charge >= 0.3 is 0 Å². The summed E-state index contributed by atoms with van der Waals surface area (Å²) >= 11 is 1.64. The first-order valence-electron chi connectivity index (χ1n) is 5.59. The van der Waals surface area contributed by atoms with E-state index in [1.54, 1.807) is 11.3 Å². The van der Waals surface area contributed by atoms with Crippen LogP contribution in [0, 0.1) is 0 Å². The highest BCUT2D eigenvalue weighted by atomic mass is 32.1. The molecule has 1 aromatic heterocycles. The van der Waals surface area contributed by atoms with Crippen molar-refractivity contribution in [3.8, 4) is 0 Å². The molecule has 0 amide bonds. The van der Waals surface area contributed by atoms with Crippen LogP contribution in [-0.4, -0.2) is 24.7 Å². The van der Waals surface area contributed by atoms with Crippen molar-refractivity contribution >= 4 is 11.3 Å². The number of hydrogen-bond donors (Lipinski definition) is 1. The summed E-state index contributed by atoms with van der Waals surface area (Å²) in [6.45, 7) is 5.83. The number of unbranched alkanes of at least 4 members (excludes halogenated alkanes) is 1. The summed E-state index contributed by atoms with van der Waals surface area (Å²) in [6, 6.07) is 0. The second-order valence-corrected chi connectivity index (χ2v) is 4.19. The third-order valence-corrected chi connectivity index (χ3v) is 2.71. The van der Waals surface area contributed by atoms with Gasteiger partial charge in [-0.15, -0.1) is 11.3 Å². The van der Waals surface area contributed by atoms with E-state index in [9.17, 15) is 0 Å². The Bertz CT molecular complexity index is 227. The molecule has 1 aromatic rings. The van der Waals surface area contributed by atoms with Crippen LogP contribution in [0.3, 0.4) is 0 Å². The van der Waals surface area contributed by atoms with Gasteiger partial charge in [0.05, 0.1) is 11.2 Å². The quantitative estimate of drug-likeness (QED) is 0.659. The molecule has 15 heavy (non-hydrogen) atoms. The standard InChI is InChI=1S/C11H20N2OS/c1-2-3-6-14-7-4-5-12-8-11-9-15-10-13-11/h9-10,12H,2-8H2,1H3. The Morgan fingerprint density at radius 3 is 3.00 bits per heavy atom. The Morgan fingerprint density at radius 2 is 2.27 bits per heavy atom. The molecule has 0 radical (unpaired) electrons. The summed E-state index contributed by atoms with van der Waals surface area (Å²) in [5.74, 6) is 0. The normalized spacial score (nSPS) is 10.7. The lowest BCUT2D eigenvalue weighted by molar-refractivity contribution is 0.128. The van der Waals surface area contributed by atoms with Crippen LogP contribution in [0.1, 0.15) is 31.9 Å². The van der Waals surface area contributed by atoms with Crippen molar-refractivity contribution in [1.29, 1.82) is 0 Å². The van der Waals surface area contributed by atoms with E-state index in [4.69, 9.17) is 4.74 Å². The van der Waals surface area contributed by atoms with E-state index in [2.05, 4.69) is 22.6 Å². The van der Waals surface area contributed by atoms with Gasteiger partial charge in [-0.3, -0.25) is 0 Å². The monoisotopic (exact) mass is 228 g/mol. The summed E-state index contributed by atoms with van der Waals surface area (Å²) < 4.78 is 5.46. The predicted octanol–water partition coefficient (Wildman–Crippen LogP) is 2.44. The van der Waals surface area contributed by atoms with E-state index >= 15 is 0 Å². The van der Waals surface area contributed by atoms with Gasteiger partial charge in [0.15, 0.2) is 0 Å². The van der Waals surface area contributed by atoms with Crippen molar-refractivity contribution < 1.29 is 4.74 Å². The average Bonchev–Trinajstić information content (AvgIpc) is 2.75. The first-order chi connectivity index (χ1) is 7.43. The molecular formula is C11H20N2OS. The van der Waals surface area contributed by atoms with Gasteiger partial charge < -0.3 is 10.1 Å². The highest BCUT2D eigenvalue weighted by Gasteiger charge is 1.93. The van der Waals surface area contributed by atoms with Crippen LogP contribution in [0.5, 0.6) is 0 Å². The third-order valence-electron chi connectivity index (χ3n) is 2.07. The van der Waals surface area contributed by atoms with Gasteiger partial charge in [0, 0.05) is 25.1 Å². The summed E-state index contributed by atoms with van der Waals surface area (Å²) in [7, 11) is 0. The molecule has 1 heterocycles. The minimum atomic E-state index is 0.865. The third kappa shape index (κ3) is 6.60. The molecular weight excluding hydrogens is 208 g/mol. The van der Waals surface area contributed by atoms with Crippen LogP contribution >= 0.6 is 11.3 Å². The van der Waals surface area contributed by atoms with Crippen LogP contribution in [-0.2, 0) is 11.3 Å². The Hall–Kier alpha value is -0.450. The second-order valence-electron chi connectivity index (χ2n) is 3.48. The van der Waals surface area contributed by atoms with Gasteiger partial charge in [-0.1, -0.05) is 13.3 Å². The molecule has 1 rings (SSSR count). The fourth-order valence-electron chi connectivity index (χ4n) is 1.19. The zero-order chi connectivity index (χ0) is 10.8. The summed E-state index contributed by atoms with van der Waals surface area (Å²) in [4.78, 5) is 4.20. The Morgan fingerprint density at radius 1 is 1.40 bits per heavy atom. The maximum absolute atomic E-state index is 5.46. The largest absolute Gasteiger partial charge is 0.381 e. The minimum Gasteiger partial charge on any atom is -0.381 e. The molecule has 0 saturated heterocycles. The number of hydrogen-bond acceptors (Lipinski definition) is 4. The minimum absolute atomic E-state index is 0.865. The first-order valence-corrected chi connectivity index (χ1v) is 6.53. The van der Waals surface area contributed by atoms with E-state index in [-0.39, 0.29) is 0 Å². The Labute approximate surface area is 95.9 Å². The number of rotatable bonds is 9. The molecule has 1 N–H and O–H groups in total. The summed E-state index contributed by atoms with van der Waals surface area (Å²) in [5.41, 5.74) is 3.00. The second kappa shape index (κ2) is 8.83. The Balaban J connectivity index is 1.81. The molecule has 3 nitrogen and oxygen atoms in total. The zero-order valence-electron chi connectivity index (χ0n) is 9.37. The molecule has 0 aliphatic heterocycles. The SMILES string of the molecule is CCCCOCCCNCc1cscn1. The lowest BCUT2D eigenvalue weighted by atomic mass is 10.3. The fourth-order valence-corrected chi connectivity index (χ4v) is 1.75. The molecule has 86 valence electrons. The van der Waals surface area contributed by atoms with Crippen LogP contribution in [0.15, 0.2) is 10.9 Å². The molecule has 4 heteroatoms. The fraction of sp³-hybridized carbons (Fsp3) is 0.727.